The minimum Gasteiger partial charge on any atom is -0.465 e. The highest BCUT2D eigenvalue weighted by molar-refractivity contribution is 9.10. The van der Waals surface area contributed by atoms with Crippen molar-refractivity contribution in [3.63, 3.8) is 0 Å². The quantitative estimate of drug-likeness (QED) is 0.863. The van der Waals surface area contributed by atoms with Gasteiger partial charge in [-0.15, -0.1) is 0 Å². The molecule has 1 aliphatic heterocycles. The standard InChI is InChI=1S/C10H9BrClNO2/c11-7-1-2-8(9(12)3-7)6-4-13(5-6)10(14)15/h1-3,6H,4-5H2,(H,14,15). The summed E-state index contributed by atoms with van der Waals surface area (Å²) in [5.41, 5.74) is 1.03. The molecule has 80 valence electrons. The predicted octanol–water partition coefficient (Wildman–Crippen LogP) is 3.18. The molecule has 0 radical (unpaired) electrons. The Bertz CT molecular complexity index is 404. The molecular formula is C10H9BrClNO2. The molecule has 1 saturated heterocycles. The van der Waals surface area contributed by atoms with Crippen LogP contribution in [0.25, 0.3) is 0 Å². The van der Waals surface area contributed by atoms with E-state index in [9.17, 15) is 4.79 Å². The normalized spacial score (nSPS) is 16.3. The lowest BCUT2D eigenvalue weighted by Crippen LogP contribution is -2.47. The van der Waals surface area contributed by atoms with Gasteiger partial charge in [0.1, 0.15) is 0 Å². The molecule has 0 aromatic heterocycles. The maximum atomic E-state index is 10.6. The van der Waals surface area contributed by atoms with Gasteiger partial charge in [-0.3, -0.25) is 0 Å². The number of likely N-dealkylation sites (tertiary alicyclic amines) is 1. The molecule has 0 atom stereocenters. The van der Waals surface area contributed by atoms with E-state index in [1.54, 1.807) is 0 Å². The average molecular weight is 291 g/mol. The molecule has 0 bridgehead atoms. The molecule has 0 aliphatic carbocycles. The molecule has 1 fully saturated rings. The number of carbonyl (C=O) groups is 1. The third-order valence-electron chi connectivity index (χ3n) is 2.55. The number of hydrogen-bond donors (Lipinski definition) is 1. The first-order valence-electron chi connectivity index (χ1n) is 4.50. The highest BCUT2D eigenvalue weighted by atomic mass is 79.9. The highest BCUT2D eigenvalue weighted by Crippen LogP contribution is 2.33. The van der Waals surface area contributed by atoms with Crippen molar-refractivity contribution < 1.29 is 9.90 Å². The summed E-state index contributed by atoms with van der Waals surface area (Å²) >= 11 is 9.40. The maximum Gasteiger partial charge on any atom is 0.407 e. The Labute approximate surface area is 101 Å². The zero-order valence-electron chi connectivity index (χ0n) is 7.78. The summed E-state index contributed by atoms with van der Waals surface area (Å²) < 4.78 is 0.936. The van der Waals surface area contributed by atoms with Crippen LogP contribution in [0.4, 0.5) is 4.79 Å². The summed E-state index contributed by atoms with van der Waals surface area (Å²) in [6.07, 6.45) is -0.862. The van der Waals surface area contributed by atoms with Crippen LogP contribution >= 0.6 is 27.5 Å². The number of amides is 1. The molecule has 1 aliphatic rings. The van der Waals surface area contributed by atoms with E-state index < -0.39 is 6.09 Å². The van der Waals surface area contributed by atoms with E-state index in [-0.39, 0.29) is 5.92 Å². The fourth-order valence-corrected chi connectivity index (χ4v) is 2.49. The molecular weight excluding hydrogens is 281 g/mol. The number of hydrogen-bond acceptors (Lipinski definition) is 1. The molecule has 0 spiro atoms. The average Bonchev–Trinajstić information content (AvgIpc) is 2.05. The Hall–Kier alpha value is -0.740. The fourth-order valence-electron chi connectivity index (χ4n) is 1.66. The van der Waals surface area contributed by atoms with Gasteiger partial charge in [-0.05, 0) is 17.7 Å². The molecule has 2 rings (SSSR count). The third-order valence-corrected chi connectivity index (χ3v) is 3.37. The summed E-state index contributed by atoms with van der Waals surface area (Å²) in [7, 11) is 0. The van der Waals surface area contributed by atoms with Crippen molar-refractivity contribution in [3.05, 3.63) is 33.3 Å². The van der Waals surface area contributed by atoms with Gasteiger partial charge in [0.2, 0.25) is 0 Å². The smallest absolute Gasteiger partial charge is 0.407 e. The second-order valence-electron chi connectivity index (χ2n) is 3.55. The first-order chi connectivity index (χ1) is 7.08. The molecule has 3 nitrogen and oxygen atoms in total. The second kappa shape index (κ2) is 4.02. The molecule has 1 N–H and O–H groups in total. The van der Waals surface area contributed by atoms with Gasteiger partial charge in [0, 0.05) is 28.5 Å². The summed E-state index contributed by atoms with van der Waals surface area (Å²) in [6.45, 7) is 1.08. The van der Waals surface area contributed by atoms with Crippen molar-refractivity contribution in [1.82, 2.24) is 4.90 Å². The van der Waals surface area contributed by atoms with Gasteiger partial charge in [0.15, 0.2) is 0 Å². The van der Waals surface area contributed by atoms with E-state index in [1.807, 2.05) is 18.2 Å². The summed E-state index contributed by atoms with van der Waals surface area (Å²) in [5, 5.41) is 9.39. The molecule has 1 aromatic carbocycles. The zero-order chi connectivity index (χ0) is 11.0. The van der Waals surface area contributed by atoms with Crippen molar-refractivity contribution in [1.29, 1.82) is 0 Å². The number of nitrogens with zero attached hydrogens (tertiary/aromatic N) is 1. The highest BCUT2D eigenvalue weighted by Gasteiger charge is 2.32. The largest absolute Gasteiger partial charge is 0.465 e. The lowest BCUT2D eigenvalue weighted by Gasteiger charge is -2.37. The monoisotopic (exact) mass is 289 g/mol. The van der Waals surface area contributed by atoms with Crippen molar-refractivity contribution in [3.8, 4) is 0 Å². The Morgan fingerprint density at radius 2 is 2.20 bits per heavy atom. The zero-order valence-corrected chi connectivity index (χ0v) is 10.1. The van der Waals surface area contributed by atoms with Crippen molar-refractivity contribution in [2.24, 2.45) is 0 Å². The number of carboxylic acid groups (broad SMARTS) is 1. The molecule has 1 heterocycles. The van der Waals surface area contributed by atoms with Gasteiger partial charge in [-0.2, -0.15) is 0 Å². The van der Waals surface area contributed by atoms with Gasteiger partial charge in [0.25, 0.3) is 0 Å². The Morgan fingerprint density at radius 1 is 1.53 bits per heavy atom. The second-order valence-corrected chi connectivity index (χ2v) is 4.87. The van der Waals surface area contributed by atoms with Crippen LogP contribution in [0.3, 0.4) is 0 Å². The fraction of sp³-hybridized carbons (Fsp3) is 0.300. The van der Waals surface area contributed by atoms with Gasteiger partial charge in [-0.25, -0.2) is 4.79 Å². The van der Waals surface area contributed by atoms with Crippen LogP contribution in [0.15, 0.2) is 22.7 Å². The van der Waals surface area contributed by atoms with Gasteiger partial charge >= 0.3 is 6.09 Å². The molecule has 1 amide bonds. The van der Waals surface area contributed by atoms with Crippen LogP contribution < -0.4 is 0 Å². The number of rotatable bonds is 1. The number of halogens is 2. The third kappa shape index (κ3) is 2.11. The van der Waals surface area contributed by atoms with E-state index in [2.05, 4.69) is 15.9 Å². The van der Waals surface area contributed by atoms with Crippen LogP contribution in [-0.4, -0.2) is 29.2 Å². The van der Waals surface area contributed by atoms with E-state index in [0.29, 0.717) is 18.1 Å². The summed E-state index contributed by atoms with van der Waals surface area (Å²) in [5.74, 6) is 0.238. The first kappa shape index (κ1) is 10.8. The Kier molecular flexibility index (Phi) is 2.89. The van der Waals surface area contributed by atoms with E-state index in [0.717, 1.165) is 10.0 Å². The number of benzene rings is 1. The minimum absolute atomic E-state index is 0.238. The first-order valence-corrected chi connectivity index (χ1v) is 5.68. The summed E-state index contributed by atoms with van der Waals surface area (Å²) in [6, 6.07) is 5.70. The van der Waals surface area contributed by atoms with Gasteiger partial charge in [0.05, 0.1) is 0 Å². The van der Waals surface area contributed by atoms with Crippen molar-refractivity contribution in [2.45, 2.75) is 5.92 Å². The van der Waals surface area contributed by atoms with E-state index >= 15 is 0 Å². The van der Waals surface area contributed by atoms with Crippen LogP contribution in [0.5, 0.6) is 0 Å². The molecule has 5 heteroatoms. The Morgan fingerprint density at radius 3 is 2.73 bits per heavy atom. The van der Waals surface area contributed by atoms with E-state index in [1.165, 1.54) is 4.90 Å². The van der Waals surface area contributed by atoms with Crippen LogP contribution in [0.1, 0.15) is 11.5 Å². The van der Waals surface area contributed by atoms with Crippen molar-refractivity contribution in [2.75, 3.05) is 13.1 Å². The van der Waals surface area contributed by atoms with Crippen molar-refractivity contribution >= 4 is 33.6 Å². The lowest BCUT2D eigenvalue weighted by molar-refractivity contribution is 0.105. The minimum atomic E-state index is -0.862. The van der Waals surface area contributed by atoms with Gasteiger partial charge in [-0.1, -0.05) is 33.6 Å². The molecule has 0 unspecified atom stereocenters. The van der Waals surface area contributed by atoms with Crippen LogP contribution in [0.2, 0.25) is 5.02 Å². The molecule has 15 heavy (non-hydrogen) atoms. The van der Waals surface area contributed by atoms with Crippen LogP contribution in [-0.2, 0) is 0 Å². The molecule has 1 aromatic rings. The Balaban J connectivity index is 2.10. The van der Waals surface area contributed by atoms with E-state index in [4.69, 9.17) is 16.7 Å². The SMILES string of the molecule is O=C(O)N1CC(c2ccc(Br)cc2Cl)C1. The van der Waals surface area contributed by atoms with Gasteiger partial charge < -0.3 is 10.0 Å². The molecule has 0 saturated carbocycles. The van der Waals surface area contributed by atoms with Crippen LogP contribution in [0, 0.1) is 0 Å². The summed E-state index contributed by atoms with van der Waals surface area (Å²) in [4.78, 5) is 12.0. The lowest BCUT2D eigenvalue weighted by atomic mass is 9.92. The predicted molar refractivity (Wildman–Crippen MR) is 61.5 cm³/mol. The topological polar surface area (TPSA) is 40.5 Å². The maximum absolute atomic E-state index is 10.6.